The Morgan fingerprint density at radius 3 is 2.34 bits per heavy atom. The summed E-state index contributed by atoms with van der Waals surface area (Å²) in [5, 5.41) is 30.8. The number of phenols is 1. The zero-order valence-corrected chi connectivity index (χ0v) is 20.7. The lowest BCUT2D eigenvalue weighted by atomic mass is 10.0. The second-order valence-electron chi connectivity index (χ2n) is 8.84. The summed E-state index contributed by atoms with van der Waals surface area (Å²) in [4.78, 5) is 39.3. The molecule has 1 amide bonds. The Labute approximate surface area is 219 Å². The summed E-state index contributed by atoms with van der Waals surface area (Å²) in [6.45, 7) is 0.446. The third kappa shape index (κ3) is 5.92. The standard InChI is InChI=1S/C28H27N3O7/c1-38-23-11-6-19(7-12-23)3-2-14-29-15-16-30(24-13-8-21(28(34)35)18-25(24)31(36)37)26(27(29)33)17-20-4-9-22(32)10-5-20/h4-13,15-16,18,26,32H,2-3,14,17H2,1H3,(H,34,35)/t26-/m0/s1. The second-order valence-corrected chi connectivity index (χ2v) is 8.84. The number of phenolic OH excluding ortho intramolecular Hbond substituents is 1. The SMILES string of the molecule is COc1ccc(CCCN2C=CN(c3ccc(C(=O)O)cc3[N+](=O)[O-])[C@@H](Cc3ccc(O)cc3)C2=O)cc1. The number of hydrogen-bond acceptors (Lipinski definition) is 7. The van der Waals surface area contributed by atoms with Gasteiger partial charge in [0, 0.05) is 31.4 Å². The normalized spacial score (nSPS) is 15.0. The van der Waals surface area contributed by atoms with Crippen LogP contribution in [0.3, 0.4) is 0 Å². The van der Waals surface area contributed by atoms with E-state index in [-0.39, 0.29) is 29.3 Å². The van der Waals surface area contributed by atoms with Gasteiger partial charge in [-0.1, -0.05) is 24.3 Å². The van der Waals surface area contributed by atoms with Crippen LogP contribution in [0.25, 0.3) is 0 Å². The fourth-order valence-electron chi connectivity index (χ4n) is 4.38. The van der Waals surface area contributed by atoms with Crippen LogP contribution < -0.4 is 9.64 Å². The van der Waals surface area contributed by atoms with Crippen LogP contribution in [-0.2, 0) is 17.6 Å². The maximum absolute atomic E-state index is 13.7. The van der Waals surface area contributed by atoms with Crippen LogP contribution in [0.5, 0.6) is 11.5 Å². The van der Waals surface area contributed by atoms with Crippen molar-refractivity contribution in [2.24, 2.45) is 0 Å². The van der Waals surface area contributed by atoms with E-state index in [4.69, 9.17) is 4.74 Å². The van der Waals surface area contributed by atoms with E-state index in [2.05, 4.69) is 0 Å². The lowest BCUT2D eigenvalue weighted by molar-refractivity contribution is -0.384. The molecular formula is C28H27N3O7. The van der Waals surface area contributed by atoms with Crippen molar-refractivity contribution in [2.75, 3.05) is 18.6 Å². The van der Waals surface area contributed by atoms with Crippen LogP contribution in [0.2, 0.25) is 0 Å². The zero-order chi connectivity index (χ0) is 27.2. The molecule has 10 nitrogen and oxygen atoms in total. The van der Waals surface area contributed by atoms with E-state index in [0.29, 0.717) is 13.0 Å². The highest BCUT2D eigenvalue weighted by molar-refractivity contribution is 5.92. The van der Waals surface area contributed by atoms with Crippen LogP contribution in [-0.4, -0.2) is 51.6 Å². The fraction of sp³-hybridized carbons (Fsp3) is 0.214. The van der Waals surface area contributed by atoms with Gasteiger partial charge in [0.2, 0.25) is 5.91 Å². The number of carbonyl (C=O) groups excluding carboxylic acids is 1. The number of methoxy groups -OCH3 is 1. The lowest BCUT2D eigenvalue weighted by Gasteiger charge is -2.37. The summed E-state index contributed by atoms with van der Waals surface area (Å²) < 4.78 is 5.19. The molecule has 0 fully saturated rings. The molecule has 3 aromatic carbocycles. The molecule has 1 heterocycles. The van der Waals surface area contributed by atoms with E-state index in [1.165, 1.54) is 29.2 Å². The van der Waals surface area contributed by atoms with Crippen LogP contribution >= 0.6 is 0 Å². The first-order valence-electron chi connectivity index (χ1n) is 12.0. The van der Waals surface area contributed by atoms with Crippen molar-refractivity contribution in [2.45, 2.75) is 25.3 Å². The number of amides is 1. The van der Waals surface area contributed by atoms with E-state index >= 15 is 0 Å². The Bertz CT molecular complexity index is 1350. The molecule has 4 rings (SSSR count). The first-order chi connectivity index (χ1) is 18.3. The molecule has 3 aromatic rings. The van der Waals surface area contributed by atoms with Gasteiger partial charge in [-0.2, -0.15) is 0 Å². The molecule has 0 aromatic heterocycles. The lowest BCUT2D eigenvalue weighted by Crippen LogP contribution is -2.50. The molecule has 10 heteroatoms. The third-order valence-electron chi connectivity index (χ3n) is 6.40. The van der Waals surface area contributed by atoms with Crippen molar-refractivity contribution in [3.8, 4) is 11.5 Å². The molecule has 0 unspecified atom stereocenters. The summed E-state index contributed by atoms with van der Waals surface area (Å²) in [6, 6.07) is 16.9. The van der Waals surface area contributed by atoms with Crippen molar-refractivity contribution in [3.63, 3.8) is 0 Å². The number of carboxylic acids is 1. The van der Waals surface area contributed by atoms with E-state index < -0.39 is 22.6 Å². The van der Waals surface area contributed by atoms with Gasteiger partial charge in [0.25, 0.3) is 5.69 Å². The number of aromatic carboxylic acids is 1. The van der Waals surface area contributed by atoms with Crippen molar-refractivity contribution in [1.82, 2.24) is 4.90 Å². The van der Waals surface area contributed by atoms with E-state index in [1.54, 1.807) is 36.5 Å². The zero-order valence-electron chi connectivity index (χ0n) is 20.7. The molecule has 1 atom stereocenters. The monoisotopic (exact) mass is 517 g/mol. The van der Waals surface area contributed by atoms with E-state index in [9.17, 15) is 29.9 Å². The van der Waals surface area contributed by atoms with Crippen LogP contribution in [0.1, 0.15) is 27.9 Å². The molecule has 0 aliphatic carbocycles. The number of hydrogen-bond donors (Lipinski definition) is 2. The Morgan fingerprint density at radius 1 is 1.03 bits per heavy atom. The van der Waals surface area contributed by atoms with Crippen LogP contribution in [0, 0.1) is 10.1 Å². The van der Waals surface area contributed by atoms with Gasteiger partial charge in [0.15, 0.2) is 0 Å². The molecule has 1 aliphatic rings. The Hall–Kier alpha value is -4.86. The van der Waals surface area contributed by atoms with Gasteiger partial charge in [0.05, 0.1) is 17.6 Å². The summed E-state index contributed by atoms with van der Waals surface area (Å²) in [5.41, 5.74) is 1.35. The quantitative estimate of drug-likeness (QED) is 0.299. The van der Waals surface area contributed by atoms with Gasteiger partial charge in [-0.15, -0.1) is 0 Å². The number of carboxylic acid groups (broad SMARTS) is 1. The molecule has 0 bridgehead atoms. The number of benzene rings is 3. The Morgan fingerprint density at radius 2 is 1.71 bits per heavy atom. The maximum Gasteiger partial charge on any atom is 0.335 e. The predicted octanol–water partition coefficient (Wildman–Crippen LogP) is 4.37. The minimum Gasteiger partial charge on any atom is -0.508 e. The molecule has 2 N–H and O–H groups in total. The topological polar surface area (TPSA) is 133 Å². The number of rotatable bonds is 10. The summed E-state index contributed by atoms with van der Waals surface area (Å²) in [7, 11) is 1.61. The minimum absolute atomic E-state index is 0.0838. The predicted molar refractivity (Wildman–Crippen MR) is 140 cm³/mol. The van der Waals surface area contributed by atoms with Crippen molar-refractivity contribution in [1.29, 1.82) is 0 Å². The molecule has 38 heavy (non-hydrogen) atoms. The second kappa shape index (κ2) is 11.5. The van der Waals surface area contributed by atoms with Crippen LogP contribution in [0.15, 0.2) is 79.1 Å². The van der Waals surface area contributed by atoms with Gasteiger partial charge < -0.3 is 24.7 Å². The van der Waals surface area contributed by atoms with Gasteiger partial charge in [-0.3, -0.25) is 14.9 Å². The number of nitrogens with zero attached hydrogens (tertiary/aromatic N) is 3. The van der Waals surface area contributed by atoms with Crippen molar-refractivity contribution >= 4 is 23.3 Å². The van der Waals surface area contributed by atoms with Gasteiger partial charge in [0.1, 0.15) is 23.2 Å². The highest BCUT2D eigenvalue weighted by Crippen LogP contribution is 2.34. The van der Waals surface area contributed by atoms with E-state index in [1.807, 2.05) is 24.3 Å². The summed E-state index contributed by atoms with van der Waals surface area (Å²) in [6.07, 6.45) is 4.87. The highest BCUT2D eigenvalue weighted by atomic mass is 16.6. The minimum atomic E-state index is -1.28. The number of ether oxygens (including phenoxy) is 1. The first-order valence-corrected chi connectivity index (χ1v) is 12.0. The number of anilines is 1. The highest BCUT2D eigenvalue weighted by Gasteiger charge is 2.35. The number of nitro benzene ring substituents is 1. The number of aromatic hydroxyl groups is 1. The Balaban J connectivity index is 1.60. The molecule has 0 saturated carbocycles. The largest absolute Gasteiger partial charge is 0.508 e. The van der Waals surface area contributed by atoms with E-state index in [0.717, 1.165) is 29.4 Å². The number of nitro groups is 1. The third-order valence-corrected chi connectivity index (χ3v) is 6.40. The van der Waals surface area contributed by atoms with Crippen molar-refractivity contribution < 1.29 is 29.5 Å². The fourth-order valence-corrected chi connectivity index (χ4v) is 4.38. The maximum atomic E-state index is 13.7. The van der Waals surface area contributed by atoms with Gasteiger partial charge in [-0.25, -0.2) is 4.79 Å². The molecular weight excluding hydrogens is 490 g/mol. The summed E-state index contributed by atoms with van der Waals surface area (Å²) in [5.74, 6) is -0.674. The molecule has 0 radical (unpaired) electrons. The molecule has 0 spiro atoms. The number of carbonyl (C=O) groups is 2. The summed E-state index contributed by atoms with van der Waals surface area (Å²) >= 11 is 0. The number of aryl methyl sites for hydroxylation is 1. The average Bonchev–Trinajstić information content (AvgIpc) is 2.92. The first kappa shape index (κ1) is 26.2. The molecule has 0 saturated heterocycles. The Kier molecular flexibility index (Phi) is 7.91. The molecule has 1 aliphatic heterocycles. The molecule has 196 valence electrons. The van der Waals surface area contributed by atoms with Gasteiger partial charge >= 0.3 is 5.97 Å². The smallest absolute Gasteiger partial charge is 0.335 e. The van der Waals surface area contributed by atoms with Gasteiger partial charge in [-0.05, 0) is 60.4 Å². The van der Waals surface area contributed by atoms with Crippen LogP contribution in [0.4, 0.5) is 11.4 Å². The average molecular weight is 518 g/mol. The van der Waals surface area contributed by atoms with Crippen molar-refractivity contribution in [3.05, 3.63) is 106 Å².